The molecule has 0 aliphatic carbocycles. The average molecular weight is 282 g/mol. The van der Waals surface area contributed by atoms with Gasteiger partial charge in [0.1, 0.15) is 0 Å². The van der Waals surface area contributed by atoms with Gasteiger partial charge in [-0.15, -0.1) is 10.2 Å². The highest BCUT2D eigenvalue weighted by atomic mass is 32.2. The van der Waals surface area contributed by atoms with E-state index in [-0.39, 0.29) is 12.4 Å². The van der Waals surface area contributed by atoms with Crippen molar-refractivity contribution in [2.75, 3.05) is 6.54 Å². The fourth-order valence-corrected chi connectivity index (χ4v) is 2.22. The molecule has 0 unspecified atom stereocenters. The quantitative estimate of drug-likeness (QED) is 0.812. The van der Waals surface area contributed by atoms with Crippen LogP contribution >= 0.6 is 0 Å². The van der Waals surface area contributed by atoms with Crippen molar-refractivity contribution in [3.05, 3.63) is 36.2 Å². The van der Waals surface area contributed by atoms with Crippen molar-refractivity contribution in [3.8, 4) is 11.5 Å². The molecule has 0 bridgehead atoms. The first kappa shape index (κ1) is 13.7. The minimum absolute atomic E-state index is 0.0465. The van der Waals surface area contributed by atoms with E-state index < -0.39 is 10.2 Å². The van der Waals surface area contributed by atoms with Crippen LogP contribution in [0.5, 0.6) is 0 Å². The first-order valence-corrected chi connectivity index (χ1v) is 7.21. The predicted octanol–water partition coefficient (Wildman–Crippen LogP) is 0.680. The Morgan fingerprint density at radius 3 is 2.58 bits per heavy atom. The Labute approximate surface area is 111 Å². The van der Waals surface area contributed by atoms with E-state index in [1.807, 2.05) is 30.3 Å². The van der Waals surface area contributed by atoms with Gasteiger partial charge in [-0.25, -0.2) is 4.72 Å². The van der Waals surface area contributed by atoms with Gasteiger partial charge in [-0.3, -0.25) is 0 Å². The van der Waals surface area contributed by atoms with Crippen LogP contribution in [0.2, 0.25) is 0 Å². The molecule has 0 fully saturated rings. The number of benzene rings is 1. The molecule has 0 aliphatic heterocycles. The lowest BCUT2D eigenvalue weighted by Crippen LogP contribution is -2.35. The van der Waals surface area contributed by atoms with E-state index in [0.29, 0.717) is 12.4 Å². The van der Waals surface area contributed by atoms with Crippen LogP contribution in [0.4, 0.5) is 0 Å². The third-order valence-electron chi connectivity index (χ3n) is 2.24. The summed E-state index contributed by atoms with van der Waals surface area (Å²) >= 11 is 0. The van der Waals surface area contributed by atoms with Crippen LogP contribution in [-0.2, 0) is 16.8 Å². The topological polar surface area (TPSA) is 97.1 Å². The molecule has 8 heteroatoms. The molecule has 7 nitrogen and oxygen atoms in total. The molecule has 0 aliphatic rings. The molecule has 0 radical (unpaired) electrons. The summed E-state index contributed by atoms with van der Waals surface area (Å²) < 4.78 is 32.7. The summed E-state index contributed by atoms with van der Waals surface area (Å²) in [4.78, 5) is 0. The number of nitrogens with one attached hydrogen (secondary N) is 2. The Morgan fingerprint density at radius 2 is 1.89 bits per heavy atom. The zero-order valence-corrected chi connectivity index (χ0v) is 11.1. The van der Waals surface area contributed by atoms with Crippen molar-refractivity contribution in [2.45, 2.75) is 13.5 Å². The summed E-state index contributed by atoms with van der Waals surface area (Å²) in [6.45, 7) is 1.96. The molecule has 2 N–H and O–H groups in total. The van der Waals surface area contributed by atoms with E-state index in [1.54, 1.807) is 6.92 Å². The van der Waals surface area contributed by atoms with Crippen LogP contribution in [0.25, 0.3) is 11.5 Å². The van der Waals surface area contributed by atoms with Crippen LogP contribution in [0, 0.1) is 0 Å². The second-order valence-electron chi connectivity index (χ2n) is 3.69. The first-order chi connectivity index (χ1) is 9.11. The van der Waals surface area contributed by atoms with E-state index in [2.05, 4.69) is 19.6 Å². The van der Waals surface area contributed by atoms with Gasteiger partial charge in [0.25, 0.3) is 10.2 Å². The van der Waals surface area contributed by atoms with Crippen molar-refractivity contribution >= 4 is 10.2 Å². The van der Waals surface area contributed by atoms with Gasteiger partial charge in [-0.05, 0) is 12.1 Å². The zero-order chi connectivity index (χ0) is 13.7. The fraction of sp³-hybridized carbons (Fsp3) is 0.273. The van der Waals surface area contributed by atoms with Gasteiger partial charge in [0.2, 0.25) is 11.8 Å². The fourth-order valence-electron chi connectivity index (χ4n) is 1.42. The van der Waals surface area contributed by atoms with Crippen LogP contribution < -0.4 is 9.44 Å². The van der Waals surface area contributed by atoms with Gasteiger partial charge in [0.15, 0.2) is 0 Å². The molecular weight excluding hydrogens is 268 g/mol. The smallest absolute Gasteiger partial charge is 0.277 e. The summed E-state index contributed by atoms with van der Waals surface area (Å²) in [5.74, 6) is 0.568. The molecule has 0 saturated carbocycles. The molecule has 2 rings (SSSR count). The van der Waals surface area contributed by atoms with Crippen LogP contribution in [0.3, 0.4) is 0 Å². The van der Waals surface area contributed by atoms with Gasteiger partial charge in [-0.2, -0.15) is 13.1 Å². The Morgan fingerprint density at radius 1 is 1.16 bits per heavy atom. The van der Waals surface area contributed by atoms with Gasteiger partial charge in [0.05, 0.1) is 6.54 Å². The minimum Gasteiger partial charge on any atom is -0.419 e. The van der Waals surface area contributed by atoms with Gasteiger partial charge in [-0.1, -0.05) is 25.1 Å². The molecule has 1 aromatic heterocycles. The Balaban J connectivity index is 2.03. The minimum atomic E-state index is -3.51. The van der Waals surface area contributed by atoms with Crippen molar-refractivity contribution in [1.82, 2.24) is 19.6 Å². The monoisotopic (exact) mass is 282 g/mol. The summed E-state index contributed by atoms with van der Waals surface area (Å²) in [6.07, 6.45) is 0. The number of hydrogen-bond donors (Lipinski definition) is 2. The number of rotatable bonds is 6. The first-order valence-electron chi connectivity index (χ1n) is 5.73. The second-order valence-corrected chi connectivity index (χ2v) is 5.27. The van der Waals surface area contributed by atoms with Gasteiger partial charge < -0.3 is 4.42 Å². The summed E-state index contributed by atoms with van der Waals surface area (Å²) in [7, 11) is -3.51. The molecule has 0 spiro atoms. The summed E-state index contributed by atoms with van der Waals surface area (Å²) in [5.41, 5.74) is 0.788. The second kappa shape index (κ2) is 5.91. The normalized spacial score (nSPS) is 11.6. The van der Waals surface area contributed by atoms with Crippen molar-refractivity contribution in [3.63, 3.8) is 0 Å². The van der Waals surface area contributed by atoms with E-state index in [0.717, 1.165) is 5.56 Å². The summed E-state index contributed by atoms with van der Waals surface area (Å²) in [6, 6.07) is 9.26. The third kappa shape index (κ3) is 3.85. The van der Waals surface area contributed by atoms with Crippen LogP contribution in [0.1, 0.15) is 12.8 Å². The molecule has 0 amide bonds. The van der Waals surface area contributed by atoms with Crippen LogP contribution in [-0.4, -0.2) is 25.2 Å². The van der Waals surface area contributed by atoms with E-state index in [9.17, 15) is 8.42 Å². The van der Waals surface area contributed by atoms with Crippen molar-refractivity contribution in [2.24, 2.45) is 0 Å². The Hall–Kier alpha value is -1.77. The maximum absolute atomic E-state index is 11.4. The van der Waals surface area contributed by atoms with Crippen molar-refractivity contribution in [1.29, 1.82) is 0 Å². The maximum Gasteiger partial charge on any atom is 0.277 e. The lowest BCUT2D eigenvalue weighted by Gasteiger charge is -2.03. The summed E-state index contributed by atoms with van der Waals surface area (Å²) in [5, 5.41) is 7.65. The van der Waals surface area contributed by atoms with Gasteiger partial charge in [0, 0.05) is 12.1 Å². The molecule has 2 aromatic rings. The van der Waals surface area contributed by atoms with Gasteiger partial charge >= 0.3 is 0 Å². The molecule has 0 atom stereocenters. The van der Waals surface area contributed by atoms with E-state index in [1.165, 1.54) is 0 Å². The predicted molar refractivity (Wildman–Crippen MR) is 69.2 cm³/mol. The molecular formula is C11H14N4O3S. The average Bonchev–Trinajstić information content (AvgIpc) is 2.86. The van der Waals surface area contributed by atoms with E-state index in [4.69, 9.17) is 4.42 Å². The maximum atomic E-state index is 11.4. The Kier molecular flexibility index (Phi) is 4.25. The van der Waals surface area contributed by atoms with Crippen molar-refractivity contribution < 1.29 is 12.8 Å². The highest BCUT2D eigenvalue weighted by Crippen LogP contribution is 2.16. The molecule has 102 valence electrons. The Bertz CT molecular complexity index is 624. The standard InChI is InChI=1S/C11H14N4O3S/c1-2-12-19(16,17)13-8-10-14-15-11(18-10)9-6-4-3-5-7-9/h3-7,12-13H,2,8H2,1H3. The third-order valence-corrected chi connectivity index (χ3v) is 3.43. The molecule has 1 aromatic carbocycles. The number of aromatic nitrogens is 2. The highest BCUT2D eigenvalue weighted by Gasteiger charge is 2.12. The molecule has 0 saturated heterocycles. The largest absolute Gasteiger partial charge is 0.419 e. The van der Waals surface area contributed by atoms with E-state index >= 15 is 0 Å². The lowest BCUT2D eigenvalue weighted by molar-refractivity contribution is 0.492. The number of hydrogen-bond acceptors (Lipinski definition) is 5. The SMILES string of the molecule is CCNS(=O)(=O)NCc1nnc(-c2ccccc2)o1. The lowest BCUT2D eigenvalue weighted by atomic mass is 10.2. The zero-order valence-electron chi connectivity index (χ0n) is 10.3. The molecule has 19 heavy (non-hydrogen) atoms. The highest BCUT2D eigenvalue weighted by molar-refractivity contribution is 7.87. The van der Waals surface area contributed by atoms with Crippen LogP contribution in [0.15, 0.2) is 34.7 Å². The number of nitrogens with zero attached hydrogens (tertiary/aromatic N) is 2. The molecule has 1 heterocycles.